The van der Waals surface area contributed by atoms with Crippen molar-refractivity contribution in [3.63, 3.8) is 0 Å². The van der Waals surface area contributed by atoms with Gasteiger partial charge in [-0.2, -0.15) is 13.2 Å². The second-order valence-corrected chi connectivity index (χ2v) is 8.13. The number of hydrogen-bond acceptors (Lipinski definition) is 8. The first-order chi connectivity index (χ1) is 16.9. The highest BCUT2D eigenvalue weighted by atomic mass is 32.2. The molecule has 0 saturated heterocycles. The molecule has 9 nitrogen and oxygen atoms in total. The first-order valence-electron chi connectivity index (χ1n) is 10.4. The maximum absolute atomic E-state index is 13.3. The minimum absolute atomic E-state index is 0.119. The number of nitrogens with one attached hydrogen (secondary N) is 1. The zero-order valence-electron chi connectivity index (χ0n) is 18.4. The molecule has 3 heterocycles. The maximum atomic E-state index is 13.3. The average molecular weight is 507 g/mol. The van der Waals surface area contributed by atoms with Crippen LogP contribution in [0.2, 0.25) is 0 Å². The fourth-order valence-corrected chi connectivity index (χ4v) is 3.90. The molecule has 0 radical (unpaired) electrons. The van der Waals surface area contributed by atoms with E-state index in [4.69, 9.17) is 13.6 Å². The topological polar surface area (TPSA) is 108 Å². The molecule has 13 heteroatoms. The largest absolute Gasteiger partial charge is 0.461 e. The molecule has 35 heavy (non-hydrogen) atoms. The van der Waals surface area contributed by atoms with Crippen LogP contribution in [-0.2, 0) is 16.7 Å². The van der Waals surface area contributed by atoms with Crippen LogP contribution in [0.3, 0.4) is 0 Å². The number of thioether (sulfide) groups is 1. The number of halogens is 3. The summed E-state index contributed by atoms with van der Waals surface area (Å²) in [5.74, 6) is 0.598. The molecule has 1 N–H and O–H groups in total. The van der Waals surface area contributed by atoms with Gasteiger partial charge in [0.1, 0.15) is 6.26 Å². The Hall–Kier alpha value is -3.58. The van der Waals surface area contributed by atoms with Crippen molar-refractivity contribution in [2.24, 2.45) is 0 Å². The number of carbonyl (C=O) groups is 1. The van der Waals surface area contributed by atoms with Crippen LogP contribution in [0.4, 0.5) is 13.2 Å². The lowest BCUT2D eigenvalue weighted by Crippen LogP contribution is -2.25. The van der Waals surface area contributed by atoms with E-state index in [-0.39, 0.29) is 34.8 Å². The quantitative estimate of drug-likeness (QED) is 0.245. The summed E-state index contributed by atoms with van der Waals surface area (Å²) in [5.41, 5.74) is -0.477. The molecule has 0 unspecified atom stereocenters. The molecule has 0 atom stereocenters. The molecular weight excluding hydrogens is 487 g/mol. The van der Waals surface area contributed by atoms with Gasteiger partial charge < -0.3 is 18.9 Å². The van der Waals surface area contributed by atoms with Crippen LogP contribution in [0, 0.1) is 0 Å². The average Bonchev–Trinajstić information content (AvgIpc) is 3.60. The fourth-order valence-electron chi connectivity index (χ4n) is 3.10. The minimum atomic E-state index is -4.51. The Balaban J connectivity index is 1.55. The second kappa shape index (κ2) is 10.8. The molecule has 3 aromatic heterocycles. The van der Waals surface area contributed by atoms with E-state index in [0.717, 1.165) is 23.9 Å². The summed E-state index contributed by atoms with van der Waals surface area (Å²) in [5, 5.41) is 11.2. The normalized spacial score (nSPS) is 11.7. The number of methoxy groups -OCH3 is 1. The molecule has 1 aromatic carbocycles. The summed E-state index contributed by atoms with van der Waals surface area (Å²) in [4.78, 5) is 16.3. The van der Waals surface area contributed by atoms with Crippen molar-refractivity contribution >= 4 is 17.7 Å². The van der Waals surface area contributed by atoms with E-state index in [1.807, 2.05) is 0 Å². The van der Waals surface area contributed by atoms with Crippen LogP contribution in [0.5, 0.6) is 0 Å². The first-order valence-corrected chi connectivity index (χ1v) is 11.4. The smallest absolute Gasteiger partial charge is 0.416 e. The van der Waals surface area contributed by atoms with Gasteiger partial charge in [0.05, 0.1) is 23.3 Å². The van der Waals surface area contributed by atoms with Crippen molar-refractivity contribution in [3.05, 3.63) is 66.1 Å². The molecule has 0 aliphatic carbocycles. The highest BCUT2D eigenvalue weighted by Gasteiger charge is 2.31. The SMILES string of the molecule is COCCCNC(=O)c1coc(CSc2nnc(-c3ccco3)n2-c2cccc(C(F)(F)F)c2)n1. The third-order valence-corrected chi connectivity index (χ3v) is 5.64. The number of rotatable bonds is 10. The van der Waals surface area contributed by atoms with Crippen LogP contribution < -0.4 is 5.32 Å². The molecule has 4 rings (SSSR count). The van der Waals surface area contributed by atoms with Gasteiger partial charge in [-0.25, -0.2) is 4.98 Å². The molecule has 0 bridgehead atoms. The number of hydrogen-bond donors (Lipinski definition) is 1. The molecule has 1 amide bonds. The lowest BCUT2D eigenvalue weighted by molar-refractivity contribution is -0.137. The van der Waals surface area contributed by atoms with Gasteiger partial charge in [0, 0.05) is 20.3 Å². The van der Waals surface area contributed by atoms with Gasteiger partial charge in [0.25, 0.3) is 5.91 Å². The van der Waals surface area contributed by atoms with Crippen LogP contribution in [0.1, 0.15) is 28.4 Å². The van der Waals surface area contributed by atoms with Crippen LogP contribution in [-0.4, -0.2) is 45.9 Å². The van der Waals surface area contributed by atoms with Gasteiger partial charge in [-0.3, -0.25) is 9.36 Å². The number of oxazole rings is 1. The van der Waals surface area contributed by atoms with Gasteiger partial charge >= 0.3 is 6.18 Å². The van der Waals surface area contributed by atoms with Gasteiger partial charge in [0.15, 0.2) is 16.6 Å². The number of furan rings is 1. The Labute approximate surface area is 201 Å². The van der Waals surface area contributed by atoms with E-state index in [9.17, 15) is 18.0 Å². The van der Waals surface area contributed by atoms with Crippen molar-refractivity contribution in [1.82, 2.24) is 25.1 Å². The third-order valence-electron chi connectivity index (χ3n) is 4.73. The van der Waals surface area contributed by atoms with Gasteiger partial charge in [-0.05, 0) is 36.8 Å². The number of nitrogens with zero attached hydrogens (tertiary/aromatic N) is 4. The van der Waals surface area contributed by atoms with Gasteiger partial charge in [0.2, 0.25) is 11.7 Å². The predicted octanol–water partition coefficient (Wildman–Crippen LogP) is 4.59. The van der Waals surface area contributed by atoms with E-state index < -0.39 is 11.7 Å². The van der Waals surface area contributed by atoms with E-state index in [1.165, 1.54) is 29.2 Å². The van der Waals surface area contributed by atoms with E-state index in [1.54, 1.807) is 19.2 Å². The highest BCUT2D eigenvalue weighted by Crippen LogP contribution is 2.34. The number of amides is 1. The monoisotopic (exact) mass is 507 g/mol. The Morgan fingerprint density at radius 2 is 2.06 bits per heavy atom. The molecule has 184 valence electrons. The number of ether oxygens (including phenoxy) is 1. The highest BCUT2D eigenvalue weighted by molar-refractivity contribution is 7.98. The molecule has 4 aromatic rings. The Kier molecular flexibility index (Phi) is 7.56. The molecule has 0 spiro atoms. The van der Waals surface area contributed by atoms with Crippen molar-refractivity contribution < 1.29 is 31.5 Å². The summed E-state index contributed by atoms with van der Waals surface area (Å²) in [6.45, 7) is 0.951. The third kappa shape index (κ3) is 5.92. The summed E-state index contributed by atoms with van der Waals surface area (Å²) < 4.78 is 57.1. The van der Waals surface area contributed by atoms with Crippen molar-refractivity contribution in [1.29, 1.82) is 0 Å². The Morgan fingerprint density at radius 1 is 1.20 bits per heavy atom. The van der Waals surface area contributed by atoms with Gasteiger partial charge in [-0.1, -0.05) is 17.8 Å². The zero-order valence-corrected chi connectivity index (χ0v) is 19.2. The van der Waals surface area contributed by atoms with Crippen molar-refractivity contribution in [3.8, 4) is 17.3 Å². The second-order valence-electron chi connectivity index (χ2n) is 7.18. The van der Waals surface area contributed by atoms with Crippen molar-refractivity contribution in [2.75, 3.05) is 20.3 Å². The van der Waals surface area contributed by atoms with E-state index in [0.29, 0.717) is 30.5 Å². The summed E-state index contributed by atoms with van der Waals surface area (Å²) in [6.07, 6.45) is -1.18. The Morgan fingerprint density at radius 3 is 2.80 bits per heavy atom. The molecule has 0 fully saturated rings. The number of alkyl halides is 3. The summed E-state index contributed by atoms with van der Waals surface area (Å²) in [7, 11) is 1.58. The lowest BCUT2D eigenvalue weighted by atomic mass is 10.2. The molecule has 0 aliphatic heterocycles. The number of aromatic nitrogens is 4. The zero-order chi connectivity index (χ0) is 24.8. The summed E-state index contributed by atoms with van der Waals surface area (Å²) >= 11 is 1.14. The fraction of sp³-hybridized carbons (Fsp3) is 0.273. The standard InChI is InChI=1S/C22H20F3N5O4S/c1-32-9-4-8-26-20(31)16-12-34-18(27-16)13-35-21-29-28-19(17-7-3-10-33-17)30(21)15-6-2-5-14(11-15)22(23,24)25/h2-3,5-7,10-12H,4,8-9,13H2,1H3,(H,26,31). The number of carbonyl (C=O) groups excluding carboxylic acids is 1. The first kappa shape index (κ1) is 24.5. The lowest BCUT2D eigenvalue weighted by Gasteiger charge is -2.12. The van der Waals surface area contributed by atoms with E-state index >= 15 is 0 Å². The maximum Gasteiger partial charge on any atom is 0.416 e. The van der Waals surface area contributed by atoms with Crippen LogP contribution in [0.15, 0.2) is 62.9 Å². The van der Waals surface area contributed by atoms with Gasteiger partial charge in [-0.15, -0.1) is 10.2 Å². The molecule has 0 aliphatic rings. The minimum Gasteiger partial charge on any atom is -0.461 e. The number of benzene rings is 1. The molecular formula is C22H20F3N5O4S. The Bertz CT molecular complexity index is 1270. The summed E-state index contributed by atoms with van der Waals surface area (Å²) in [6, 6.07) is 8.10. The van der Waals surface area contributed by atoms with Crippen LogP contribution in [0.25, 0.3) is 17.3 Å². The van der Waals surface area contributed by atoms with Crippen LogP contribution >= 0.6 is 11.8 Å². The van der Waals surface area contributed by atoms with Crippen molar-refractivity contribution in [2.45, 2.75) is 23.5 Å². The molecule has 0 saturated carbocycles. The predicted molar refractivity (Wildman–Crippen MR) is 119 cm³/mol. The van der Waals surface area contributed by atoms with E-state index in [2.05, 4.69) is 20.5 Å².